The summed E-state index contributed by atoms with van der Waals surface area (Å²) < 4.78 is 5.42. The summed E-state index contributed by atoms with van der Waals surface area (Å²) in [5.74, 6) is 0. The average molecular weight is 240 g/mol. The maximum atomic E-state index is 12.0. The van der Waals surface area contributed by atoms with E-state index >= 15 is 0 Å². The molecule has 0 aromatic rings. The van der Waals surface area contributed by atoms with Gasteiger partial charge in [-0.2, -0.15) is 0 Å². The van der Waals surface area contributed by atoms with Gasteiger partial charge in [0.15, 0.2) is 0 Å². The molecule has 2 fully saturated rings. The Kier molecular flexibility index (Phi) is 3.10. The Bertz CT molecular complexity index is 311. The van der Waals surface area contributed by atoms with Crippen molar-refractivity contribution in [2.75, 3.05) is 13.1 Å². The van der Waals surface area contributed by atoms with Crippen LogP contribution in [-0.4, -0.2) is 35.7 Å². The third kappa shape index (κ3) is 2.57. The number of likely N-dealkylation sites (tertiary alicyclic amines) is 1. The van der Waals surface area contributed by atoms with Gasteiger partial charge < -0.3 is 15.4 Å². The number of piperidine rings is 1. The van der Waals surface area contributed by atoms with Crippen LogP contribution < -0.4 is 5.73 Å². The summed E-state index contributed by atoms with van der Waals surface area (Å²) in [5.41, 5.74) is 5.88. The van der Waals surface area contributed by atoms with Crippen LogP contribution in [0, 0.1) is 5.41 Å². The summed E-state index contributed by atoms with van der Waals surface area (Å²) in [5, 5.41) is 0. The van der Waals surface area contributed by atoms with E-state index in [2.05, 4.69) is 0 Å². The van der Waals surface area contributed by atoms with Gasteiger partial charge in [-0.05, 0) is 46.5 Å². The molecule has 0 aromatic carbocycles. The van der Waals surface area contributed by atoms with Crippen molar-refractivity contribution >= 4 is 6.09 Å². The second kappa shape index (κ2) is 4.16. The van der Waals surface area contributed by atoms with Crippen LogP contribution in [0.2, 0.25) is 0 Å². The van der Waals surface area contributed by atoms with Gasteiger partial charge in [-0.15, -0.1) is 0 Å². The van der Waals surface area contributed by atoms with Crippen LogP contribution in [0.25, 0.3) is 0 Å². The predicted octanol–water partition coefficient (Wildman–Crippen LogP) is 2.12. The molecule has 0 bridgehead atoms. The first-order chi connectivity index (χ1) is 7.82. The Morgan fingerprint density at radius 1 is 1.41 bits per heavy atom. The number of hydrogen-bond acceptors (Lipinski definition) is 3. The van der Waals surface area contributed by atoms with Gasteiger partial charge in [-0.25, -0.2) is 4.79 Å². The molecule has 0 unspecified atom stereocenters. The normalized spacial score (nSPS) is 33.4. The van der Waals surface area contributed by atoms with Crippen molar-refractivity contribution < 1.29 is 9.53 Å². The van der Waals surface area contributed by atoms with Gasteiger partial charge in [0.2, 0.25) is 0 Å². The lowest BCUT2D eigenvalue weighted by Crippen LogP contribution is -2.60. The maximum absolute atomic E-state index is 12.0. The molecule has 17 heavy (non-hydrogen) atoms. The second-order valence-corrected chi connectivity index (χ2v) is 6.51. The lowest BCUT2D eigenvalue weighted by Gasteiger charge is -2.53. The SMILES string of the molecule is CC(C)(C)OC(=O)N1CCC[C@]2(CC[C@H]2N)C1. The Labute approximate surface area is 103 Å². The van der Waals surface area contributed by atoms with E-state index in [1.165, 1.54) is 0 Å². The van der Waals surface area contributed by atoms with E-state index in [1.54, 1.807) is 0 Å². The van der Waals surface area contributed by atoms with Crippen molar-refractivity contribution in [1.82, 2.24) is 4.90 Å². The molecule has 1 amide bonds. The fourth-order valence-electron chi connectivity index (χ4n) is 2.87. The highest BCUT2D eigenvalue weighted by Gasteiger charge is 2.48. The number of nitrogens with zero attached hydrogens (tertiary/aromatic N) is 1. The van der Waals surface area contributed by atoms with Crippen molar-refractivity contribution in [3.8, 4) is 0 Å². The van der Waals surface area contributed by atoms with Crippen LogP contribution in [-0.2, 0) is 4.74 Å². The van der Waals surface area contributed by atoms with E-state index < -0.39 is 5.60 Å². The Hall–Kier alpha value is -0.770. The smallest absolute Gasteiger partial charge is 0.410 e. The second-order valence-electron chi connectivity index (χ2n) is 6.51. The molecule has 1 heterocycles. The summed E-state index contributed by atoms with van der Waals surface area (Å²) in [6.07, 6.45) is 4.28. The zero-order valence-corrected chi connectivity index (χ0v) is 11.2. The molecule has 4 heteroatoms. The molecule has 1 saturated carbocycles. The molecular formula is C13H24N2O2. The number of carbonyl (C=O) groups is 1. The van der Waals surface area contributed by atoms with Crippen LogP contribution in [0.1, 0.15) is 46.5 Å². The first kappa shape index (κ1) is 12.7. The summed E-state index contributed by atoms with van der Waals surface area (Å²) in [6.45, 7) is 7.30. The number of rotatable bonds is 0. The van der Waals surface area contributed by atoms with Crippen LogP contribution in [0.3, 0.4) is 0 Å². The molecule has 0 aromatic heterocycles. The highest BCUT2D eigenvalue weighted by atomic mass is 16.6. The number of hydrogen-bond donors (Lipinski definition) is 1. The Balaban J connectivity index is 1.96. The van der Waals surface area contributed by atoms with Crippen molar-refractivity contribution in [2.24, 2.45) is 11.1 Å². The molecule has 2 rings (SSSR count). The summed E-state index contributed by atoms with van der Waals surface area (Å²) in [7, 11) is 0. The highest BCUT2D eigenvalue weighted by Crippen LogP contribution is 2.46. The van der Waals surface area contributed by atoms with Gasteiger partial charge in [0, 0.05) is 24.5 Å². The molecule has 1 spiro atoms. The molecule has 1 saturated heterocycles. The fraction of sp³-hybridized carbons (Fsp3) is 0.923. The third-order valence-electron chi connectivity index (χ3n) is 4.00. The van der Waals surface area contributed by atoms with Gasteiger partial charge >= 0.3 is 6.09 Å². The molecule has 98 valence electrons. The van der Waals surface area contributed by atoms with Gasteiger partial charge in [-0.3, -0.25) is 0 Å². The van der Waals surface area contributed by atoms with Crippen molar-refractivity contribution in [1.29, 1.82) is 0 Å². The number of amides is 1. The van der Waals surface area contributed by atoms with E-state index in [4.69, 9.17) is 10.5 Å². The summed E-state index contributed by atoms with van der Waals surface area (Å²) in [4.78, 5) is 13.9. The van der Waals surface area contributed by atoms with Crippen LogP contribution >= 0.6 is 0 Å². The van der Waals surface area contributed by atoms with Crippen LogP contribution in [0.5, 0.6) is 0 Å². The van der Waals surface area contributed by atoms with E-state index in [9.17, 15) is 4.79 Å². The van der Waals surface area contributed by atoms with Gasteiger partial charge in [-0.1, -0.05) is 0 Å². The molecule has 1 aliphatic heterocycles. The predicted molar refractivity (Wildman–Crippen MR) is 66.7 cm³/mol. The minimum Gasteiger partial charge on any atom is -0.444 e. The van der Waals surface area contributed by atoms with E-state index in [-0.39, 0.29) is 17.6 Å². The zero-order chi connectivity index (χ0) is 12.7. The molecular weight excluding hydrogens is 216 g/mol. The topological polar surface area (TPSA) is 55.6 Å². The Morgan fingerprint density at radius 2 is 2.12 bits per heavy atom. The molecule has 2 atom stereocenters. The highest BCUT2D eigenvalue weighted by molar-refractivity contribution is 5.68. The average Bonchev–Trinajstić information content (AvgIpc) is 2.25. The minimum absolute atomic E-state index is 0.185. The van der Waals surface area contributed by atoms with Crippen molar-refractivity contribution in [3.63, 3.8) is 0 Å². The standard InChI is InChI=1S/C13H24N2O2/c1-12(2,3)17-11(16)15-8-4-6-13(9-15)7-5-10(13)14/h10H,4-9,14H2,1-3H3/t10-,13+/m1/s1. The molecule has 1 aliphatic carbocycles. The largest absolute Gasteiger partial charge is 0.444 e. The van der Waals surface area contributed by atoms with E-state index in [1.807, 2.05) is 25.7 Å². The molecule has 2 aliphatic rings. The van der Waals surface area contributed by atoms with E-state index in [0.717, 1.165) is 38.8 Å². The van der Waals surface area contributed by atoms with Crippen molar-refractivity contribution in [3.05, 3.63) is 0 Å². The zero-order valence-electron chi connectivity index (χ0n) is 11.2. The fourth-order valence-corrected chi connectivity index (χ4v) is 2.87. The number of ether oxygens (including phenoxy) is 1. The first-order valence-corrected chi connectivity index (χ1v) is 6.56. The molecule has 4 nitrogen and oxygen atoms in total. The molecule has 0 radical (unpaired) electrons. The Morgan fingerprint density at radius 3 is 2.59 bits per heavy atom. The summed E-state index contributed by atoms with van der Waals surface area (Å²) in [6, 6.07) is 0.271. The molecule has 2 N–H and O–H groups in total. The lowest BCUT2D eigenvalue weighted by atomic mass is 9.61. The van der Waals surface area contributed by atoms with Crippen LogP contribution in [0.4, 0.5) is 4.79 Å². The first-order valence-electron chi connectivity index (χ1n) is 6.56. The van der Waals surface area contributed by atoms with Gasteiger partial charge in [0.1, 0.15) is 5.60 Å². The lowest BCUT2D eigenvalue weighted by molar-refractivity contribution is -0.0254. The summed E-state index contributed by atoms with van der Waals surface area (Å²) >= 11 is 0. The van der Waals surface area contributed by atoms with E-state index in [0.29, 0.717) is 0 Å². The number of carbonyl (C=O) groups excluding carboxylic acids is 1. The maximum Gasteiger partial charge on any atom is 0.410 e. The quantitative estimate of drug-likeness (QED) is 0.705. The van der Waals surface area contributed by atoms with Gasteiger partial charge in [0.25, 0.3) is 0 Å². The van der Waals surface area contributed by atoms with Crippen LogP contribution in [0.15, 0.2) is 0 Å². The minimum atomic E-state index is -0.413. The number of nitrogens with two attached hydrogens (primary N) is 1. The van der Waals surface area contributed by atoms with Crippen molar-refractivity contribution in [2.45, 2.75) is 58.1 Å². The third-order valence-corrected chi connectivity index (χ3v) is 4.00. The monoisotopic (exact) mass is 240 g/mol. The van der Waals surface area contributed by atoms with Gasteiger partial charge in [0.05, 0.1) is 0 Å².